The molecule has 2 N–H and O–H groups in total. The van der Waals surface area contributed by atoms with Crippen LogP contribution in [-0.4, -0.2) is 11.2 Å². The topological polar surface area (TPSA) is 49.3 Å². The number of rotatable bonds is 2. The molecule has 0 aliphatic rings. The fraction of sp³-hybridized carbons (Fsp3) is 0. The van der Waals surface area contributed by atoms with Crippen LogP contribution in [0.25, 0.3) is 11.1 Å². The van der Waals surface area contributed by atoms with Crippen molar-refractivity contribution >= 4 is 34.0 Å². The zero-order chi connectivity index (χ0) is 11.5. The zero-order valence-corrected chi connectivity index (χ0v) is 9.68. The normalized spacial score (nSPS) is 10.1. The summed E-state index contributed by atoms with van der Waals surface area (Å²) in [5.41, 5.74) is 1.63. The Labute approximate surface area is 101 Å². The van der Waals surface area contributed by atoms with E-state index in [-0.39, 0.29) is 0 Å². The van der Waals surface area contributed by atoms with Crippen LogP contribution in [0.1, 0.15) is 0 Å². The summed E-state index contributed by atoms with van der Waals surface area (Å²) in [6.07, 6.45) is -1.09. The molecule has 2 rings (SSSR count). The standard InChI is InChI=1S/C11H8ClNO2S/c12-8-6-16-10(13-11(14)15)9(8)7-4-2-1-3-5-7/h1-6,13H,(H,14,15). The minimum Gasteiger partial charge on any atom is -0.465 e. The molecule has 16 heavy (non-hydrogen) atoms. The molecule has 0 saturated carbocycles. The second-order valence-corrected chi connectivity index (χ2v) is 4.37. The zero-order valence-electron chi connectivity index (χ0n) is 8.11. The Balaban J connectivity index is 2.47. The monoisotopic (exact) mass is 253 g/mol. The summed E-state index contributed by atoms with van der Waals surface area (Å²) in [4.78, 5) is 10.6. The molecule has 0 aliphatic carbocycles. The number of benzene rings is 1. The Morgan fingerprint density at radius 1 is 1.31 bits per heavy atom. The molecule has 5 heteroatoms. The second-order valence-electron chi connectivity index (χ2n) is 3.08. The number of thiophene rings is 1. The molecule has 1 aromatic heterocycles. The lowest BCUT2D eigenvalue weighted by Crippen LogP contribution is -2.06. The average molecular weight is 254 g/mol. The molecule has 1 heterocycles. The maximum Gasteiger partial charge on any atom is 0.409 e. The van der Waals surface area contributed by atoms with Crippen molar-refractivity contribution in [3.63, 3.8) is 0 Å². The van der Waals surface area contributed by atoms with Crippen LogP contribution in [0.15, 0.2) is 35.7 Å². The van der Waals surface area contributed by atoms with Crippen molar-refractivity contribution in [2.24, 2.45) is 0 Å². The number of anilines is 1. The van der Waals surface area contributed by atoms with Crippen molar-refractivity contribution in [1.29, 1.82) is 0 Å². The van der Waals surface area contributed by atoms with Gasteiger partial charge in [0.1, 0.15) is 5.00 Å². The first kappa shape index (κ1) is 11.0. The van der Waals surface area contributed by atoms with Crippen LogP contribution in [0, 0.1) is 0 Å². The highest BCUT2D eigenvalue weighted by Gasteiger charge is 2.13. The van der Waals surface area contributed by atoms with Gasteiger partial charge in [0, 0.05) is 10.9 Å². The predicted octanol–water partition coefficient (Wildman–Crippen LogP) is 4.16. The summed E-state index contributed by atoms with van der Waals surface area (Å²) in [5.74, 6) is 0. The van der Waals surface area contributed by atoms with Gasteiger partial charge >= 0.3 is 6.09 Å². The minimum atomic E-state index is -1.09. The lowest BCUT2D eigenvalue weighted by Gasteiger charge is -2.04. The summed E-state index contributed by atoms with van der Waals surface area (Å²) >= 11 is 7.32. The average Bonchev–Trinajstić information content (AvgIpc) is 2.60. The van der Waals surface area contributed by atoms with Gasteiger partial charge in [-0.3, -0.25) is 5.32 Å². The van der Waals surface area contributed by atoms with E-state index in [0.29, 0.717) is 10.0 Å². The van der Waals surface area contributed by atoms with Crippen molar-refractivity contribution in [2.75, 3.05) is 5.32 Å². The molecule has 1 aromatic carbocycles. The highest BCUT2D eigenvalue weighted by molar-refractivity contribution is 7.15. The SMILES string of the molecule is O=C(O)Nc1scc(Cl)c1-c1ccccc1. The fourth-order valence-electron chi connectivity index (χ4n) is 1.40. The summed E-state index contributed by atoms with van der Waals surface area (Å²) < 4.78 is 0. The van der Waals surface area contributed by atoms with E-state index < -0.39 is 6.09 Å². The molecule has 0 fully saturated rings. The van der Waals surface area contributed by atoms with Crippen molar-refractivity contribution < 1.29 is 9.90 Å². The molecule has 0 aliphatic heterocycles. The first-order chi connectivity index (χ1) is 7.68. The molecular formula is C11H8ClNO2S. The number of hydrogen-bond acceptors (Lipinski definition) is 2. The first-order valence-electron chi connectivity index (χ1n) is 4.51. The summed E-state index contributed by atoms with van der Waals surface area (Å²) in [7, 11) is 0. The van der Waals surface area contributed by atoms with Gasteiger partial charge in [-0.15, -0.1) is 11.3 Å². The third-order valence-corrected chi connectivity index (χ3v) is 3.35. The van der Waals surface area contributed by atoms with Gasteiger partial charge < -0.3 is 5.11 Å². The quantitative estimate of drug-likeness (QED) is 0.844. The molecule has 0 radical (unpaired) electrons. The maximum atomic E-state index is 10.6. The van der Waals surface area contributed by atoms with Crippen LogP contribution < -0.4 is 5.32 Å². The van der Waals surface area contributed by atoms with Gasteiger partial charge in [-0.2, -0.15) is 0 Å². The van der Waals surface area contributed by atoms with Crippen LogP contribution >= 0.6 is 22.9 Å². The van der Waals surface area contributed by atoms with Crippen molar-refractivity contribution in [3.8, 4) is 11.1 Å². The van der Waals surface area contributed by atoms with Crippen LogP contribution in [0.3, 0.4) is 0 Å². The van der Waals surface area contributed by atoms with E-state index in [2.05, 4.69) is 5.32 Å². The minimum absolute atomic E-state index is 0.545. The molecule has 0 spiro atoms. The van der Waals surface area contributed by atoms with Gasteiger partial charge in [0.25, 0.3) is 0 Å². The number of halogens is 1. The van der Waals surface area contributed by atoms with Crippen LogP contribution in [0.5, 0.6) is 0 Å². The molecule has 0 saturated heterocycles. The van der Waals surface area contributed by atoms with E-state index in [0.717, 1.165) is 11.1 Å². The number of amides is 1. The van der Waals surface area contributed by atoms with E-state index in [1.807, 2.05) is 30.3 Å². The lowest BCUT2D eigenvalue weighted by molar-refractivity contribution is 0.210. The Bertz CT molecular complexity index is 510. The maximum absolute atomic E-state index is 10.6. The highest BCUT2D eigenvalue weighted by Crippen LogP contribution is 2.40. The van der Waals surface area contributed by atoms with Crippen molar-refractivity contribution in [3.05, 3.63) is 40.7 Å². The van der Waals surface area contributed by atoms with E-state index >= 15 is 0 Å². The number of nitrogens with one attached hydrogen (secondary N) is 1. The van der Waals surface area contributed by atoms with Crippen molar-refractivity contribution in [1.82, 2.24) is 0 Å². The molecule has 0 unspecified atom stereocenters. The van der Waals surface area contributed by atoms with E-state index in [4.69, 9.17) is 16.7 Å². The second kappa shape index (κ2) is 4.55. The number of carbonyl (C=O) groups is 1. The summed E-state index contributed by atoms with van der Waals surface area (Å²) in [6.45, 7) is 0. The molecule has 0 atom stereocenters. The van der Waals surface area contributed by atoms with Crippen LogP contribution in [-0.2, 0) is 0 Å². The molecular weight excluding hydrogens is 246 g/mol. The van der Waals surface area contributed by atoms with Gasteiger partial charge in [-0.1, -0.05) is 41.9 Å². The molecule has 0 bridgehead atoms. The van der Waals surface area contributed by atoms with E-state index in [1.54, 1.807) is 5.38 Å². The van der Waals surface area contributed by atoms with Gasteiger partial charge in [0.2, 0.25) is 0 Å². The Kier molecular flexibility index (Phi) is 3.12. The first-order valence-corrected chi connectivity index (χ1v) is 5.76. The number of carboxylic acid groups (broad SMARTS) is 1. The molecule has 3 nitrogen and oxygen atoms in total. The number of hydrogen-bond donors (Lipinski definition) is 2. The summed E-state index contributed by atoms with van der Waals surface area (Å²) in [5, 5.41) is 13.9. The van der Waals surface area contributed by atoms with Gasteiger partial charge in [0.05, 0.1) is 5.02 Å². The third kappa shape index (κ3) is 2.18. The lowest BCUT2D eigenvalue weighted by atomic mass is 10.1. The predicted molar refractivity (Wildman–Crippen MR) is 66.4 cm³/mol. The Morgan fingerprint density at radius 2 is 2.00 bits per heavy atom. The van der Waals surface area contributed by atoms with Crippen LogP contribution in [0.4, 0.5) is 9.80 Å². The molecule has 2 aromatic rings. The molecule has 82 valence electrons. The molecule has 1 amide bonds. The Morgan fingerprint density at radius 3 is 2.62 bits per heavy atom. The van der Waals surface area contributed by atoms with Crippen LogP contribution in [0.2, 0.25) is 5.02 Å². The van der Waals surface area contributed by atoms with Crippen molar-refractivity contribution in [2.45, 2.75) is 0 Å². The third-order valence-electron chi connectivity index (χ3n) is 2.03. The van der Waals surface area contributed by atoms with Gasteiger partial charge in [-0.25, -0.2) is 4.79 Å². The van der Waals surface area contributed by atoms with E-state index in [1.165, 1.54) is 11.3 Å². The Hall–Kier alpha value is -1.52. The summed E-state index contributed by atoms with van der Waals surface area (Å²) in [6, 6.07) is 9.44. The van der Waals surface area contributed by atoms with Gasteiger partial charge in [0.15, 0.2) is 0 Å². The smallest absolute Gasteiger partial charge is 0.409 e. The van der Waals surface area contributed by atoms with E-state index in [9.17, 15) is 4.79 Å². The van der Waals surface area contributed by atoms with Gasteiger partial charge in [-0.05, 0) is 5.56 Å². The highest BCUT2D eigenvalue weighted by atomic mass is 35.5. The fourth-order valence-corrected chi connectivity index (χ4v) is 2.62. The largest absolute Gasteiger partial charge is 0.465 e.